The van der Waals surface area contributed by atoms with E-state index in [0.717, 1.165) is 18.4 Å². The molecular weight excluding hydrogens is 254 g/mol. The molecule has 0 aliphatic carbocycles. The lowest BCUT2D eigenvalue weighted by Crippen LogP contribution is -2.46. The molecule has 108 valence electrons. The number of aryl methyl sites for hydroxylation is 1. The van der Waals surface area contributed by atoms with Crippen LogP contribution in [0, 0.1) is 6.92 Å². The third-order valence-corrected chi connectivity index (χ3v) is 3.54. The van der Waals surface area contributed by atoms with Gasteiger partial charge in [0, 0.05) is 37.3 Å². The second kappa shape index (κ2) is 5.94. The van der Waals surface area contributed by atoms with Gasteiger partial charge in [0.1, 0.15) is 0 Å². The predicted molar refractivity (Wildman–Crippen MR) is 78.3 cm³/mol. The van der Waals surface area contributed by atoms with Gasteiger partial charge in [-0.25, -0.2) is 0 Å². The Balaban J connectivity index is 1.99. The molecule has 1 aromatic rings. The number of anilines is 1. The van der Waals surface area contributed by atoms with Crippen molar-refractivity contribution in [2.24, 2.45) is 0 Å². The number of hydrogen-bond donors (Lipinski definition) is 2. The van der Waals surface area contributed by atoms with Crippen LogP contribution in [0.4, 0.5) is 5.69 Å². The molecule has 1 aromatic carbocycles. The molecule has 2 rings (SSSR count). The fourth-order valence-electron chi connectivity index (χ4n) is 2.63. The van der Waals surface area contributed by atoms with Crippen molar-refractivity contribution in [1.29, 1.82) is 0 Å². The number of nitrogens with zero attached hydrogens (tertiary/aromatic N) is 1. The lowest BCUT2D eigenvalue weighted by molar-refractivity contribution is -0.119. The van der Waals surface area contributed by atoms with Crippen LogP contribution in [0.3, 0.4) is 0 Å². The molecule has 2 amide bonds. The number of hydrogen-bond acceptors (Lipinski definition) is 3. The minimum absolute atomic E-state index is 0.0127. The van der Waals surface area contributed by atoms with E-state index in [1.54, 1.807) is 6.07 Å². The zero-order valence-electron chi connectivity index (χ0n) is 12.0. The summed E-state index contributed by atoms with van der Waals surface area (Å²) in [6, 6.07) is 5.60. The average Bonchev–Trinajstić information content (AvgIpc) is 2.37. The van der Waals surface area contributed by atoms with E-state index in [1.165, 1.54) is 6.92 Å². The van der Waals surface area contributed by atoms with Crippen LogP contribution in [0.2, 0.25) is 0 Å². The predicted octanol–water partition coefficient (Wildman–Crippen LogP) is 1.32. The first-order valence-corrected chi connectivity index (χ1v) is 6.89. The van der Waals surface area contributed by atoms with Gasteiger partial charge in [-0.2, -0.15) is 0 Å². The molecule has 0 unspecified atom stereocenters. The molecule has 0 bridgehead atoms. The van der Waals surface area contributed by atoms with Crippen LogP contribution in [0.1, 0.15) is 35.7 Å². The minimum atomic E-state index is -0.0127. The molecule has 20 heavy (non-hydrogen) atoms. The molecule has 0 atom stereocenters. The third kappa shape index (κ3) is 3.50. The van der Waals surface area contributed by atoms with Gasteiger partial charge >= 0.3 is 0 Å². The number of rotatable bonds is 2. The fraction of sp³-hybridized carbons (Fsp3) is 0.467. The molecule has 0 saturated carbocycles. The van der Waals surface area contributed by atoms with Crippen molar-refractivity contribution >= 4 is 17.5 Å². The maximum absolute atomic E-state index is 12.4. The highest BCUT2D eigenvalue weighted by Gasteiger charge is 2.24. The summed E-state index contributed by atoms with van der Waals surface area (Å²) in [5, 5.41) is 2.90. The van der Waals surface area contributed by atoms with E-state index in [9.17, 15) is 9.59 Å². The standard InChI is InChI=1S/C15H21N3O2/c1-10-7-12(9-13(16)8-10)15(20)18-5-3-14(4-6-18)17-11(2)19/h7-9,14H,3-6,16H2,1-2H3,(H,17,19). The molecule has 1 aliphatic rings. The maximum atomic E-state index is 12.4. The van der Waals surface area contributed by atoms with Crippen LogP contribution < -0.4 is 11.1 Å². The van der Waals surface area contributed by atoms with Crippen LogP contribution in [0.15, 0.2) is 18.2 Å². The Hall–Kier alpha value is -2.04. The molecule has 5 heteroatoms. The monoisotopic (exact) mass is 275 g/mol. The van der Waals surface area contributed by atoms with Gasteiger partial charge in [-0.3, -0.25) is 9.59 Å². The Kier molecular flexibility index (Phi) is 4.27. The van der Waals surface area contributed by atoms with Crippen molar-refractivity contribution in [3.8, 4) is 0 Å². The number of likely N-dealkylation sites (tertiary alicyclic amines) is 1. The van der Waals surface area contributed by atoms with Crippen molar-refractivity contribution in [1.82, 2.24) is 10.2 Å². The van der Waals surface area contributed by atoms with Gasteiger partial charge in [-0.1, -0.05) is 0 Å². The first-order chi connectivity index (χ1) is 9.45. The number of amides is 2. The lowest BCUT2D eigenvalue weighted by atomic mass is 10.0. The Labute approximate surface area is 119 Å². The smallest absolute Gasteiger partial charge is 0.253 e. The second-order valence-electron chi connectivity index (χ2n) is 5.40. The molecule has 0 spiro atoms. The maximum Gasteiger partial charge on any atom is 0.253 e. The van der Waals surface area contributed by atoms with Gasteiger partial charge < -0.3 is 16.0 Å². The van der Waals surface area contributed by atoms with Crippen molar-refractivity contribution < 1.29 is 9.59 Å². The highest BCUT2D eigenvalue weighted by molar-refractivity contribution is 5.95. The molecule has 5 nitrogen and oxygen atoms in total. The van der Waals surface area contributed by atoms with Crippen LogP contribution in [0.25, 0.3) is 0 Å². The van der Waals surface area contributed by atoms with Crippen molar-refractivity contribution in [3.05, 3.63) is 29.3 Å². The zero-order chi connectivity index (χ0) is 14.7. The molecule has 1 aliphatic heterocycles. The normalized spacial score (nSPS) is 16.0. The van der Waals surface area contributed by atoms with E-state index < -0.39 is 0 Å². The number of nitrogens with one attached hydrogen (secondary N) is 1. The highest BCUT2D eigenvalue weighted by Crippen LogP contribution is 2.17. The van der Waals surface area contributed by atoms with Crippen LogP contribution >= 0.6 is 0 Å². The largest absolute Gasteiger partial charge is 0.399 e. The van der Waals surface area contributed by atoms with Gasteiger partial charge in [0.2, 0.25) is 5.91 Å². The highest BCUT2D eigenvalue weighted by atomic mass is 16.2. The van der Waals surface area contributed by atoms with E-state index in [2.05, 4.69) is 5.32 Å². The van der Waals surface area contributed by atoms with E-state index >= 15 is 0 Å². The Morgan fingerprint density at radius 3 is 2.45 bits per heavy atom. The van der Waals surface area contributed by atoms with E-state index in [0.29, 0.717) is 24.3 Å². The van der Waals surface area contributed by atoms with E-state index in [1.807, 2.05) is 24.0 Å². The summed E-state index contributed by atoms with van der Waals surface area (Å²) < 4.78 is 0. The summed E-state index contributed by atoms with van der Waals surface area (Å²) in [5.41, 5.74) is 8.02. The summed E-state index contributed by atoms with van der Waals surface area (Å²) in [6.07, 6.45) is 1.60. The number of carbonyl (C=O) groups is 2. The summed E-state index contributed by atoms with van der Waals surface area (Å²) in [5.74, 6) is 0.00269. The summed E-state index contributed by atoms with van der Waals surface area (Å²) in [4.78, 5) is 25.3. The average molecular weight is 275 g/mol. The number of nitrogen functional groups attached to an aromatic ring is 1. The van der Waals surface area contributed by atoms with Gasteiger partial charge in [-0.05, 0) is 43.5 Å². The quantitative estimate of drug-likeness (QED) is 0.799. The van der Waals surface area contributed by atoms with Crippen molar-refractivity contribution in [2.45, 2.75) is 32.7 Å². The zero-order valence-corrected chi connectivity index (χ0v) is 12.0. The summed E-state index contributed by atoms with van der Waals surface area (Å²) in [7, 11) is 0. The first-order valence-electron chi connectivity index (χ1n) is 6.89. The molecule has 1 heterocycles. The van der Waals surface area contributed by atoms with Gasteiger partial charge in [0.25, 0.3) is 5.91 Å². The first kappa shape index (κ1) is 14.4. The van der Waals surface area contributed by atoms with Crippen LogP contribution in [0.5, 0.6) is 0 Å². The van der Waals surface area contributed by atoms with Gasteiger partial charge in [0.15, 0.2) is 0 Å². The minimum Gasteiger partial charge on any atom is -0.399 e. The summed E-state index contributed by atoms with van der Waals surface area (Å²) in [6.45, 7) is 4.78. The second-order valence-corrected chi connectivity index (χ2v) is 5.40. The summed E-state index contributed by atoms with van der Waals surface area (Å²) >= 11 is 0. The molecule has 0 aromatic heterocycles. The number of benzene rings is 1. The number of piperidine rings is 1. The molecule has 1 fully saturated rings. The molecule has 1 saturated heterocycles. The van der Waals surface area contributed by atoms with Crippen LogP contribution in [-0.4, -0.2) is 35.8 Å². The Bertz CT molecular complexity index is 500. The Morgan fingerprint density at radius 2 is 1.90 bits per heavy atom. The van der Waals surface area contributed by atoms with Gasteiger partial charge in [0.05, 0.1) is 0 Å². The molecule has 3 N–H and O–H groups in total. The number of nitrogens with two attached hydrogens (primary N) is 1. The molecule has 0 radical (unpaired) electrons. The van der Waals surface area contributed by atoms with E-state index in [-0.39, 0.29) is 17.9 Å². The SMILES string of the molecule is CC(=O)NC1CCN(C(=O)c2cc(C)cc(N)c2)CC1. The van der Waals surface area contributed by atoms with Gasteiger partial charge in [-0.15, -0.1) is 0 Å². The Morgan fingerprint density at radius 1 is 1.25 bits per heavy atom. The molecular formula is C15H21N3O2. The topological polar surface area (TPSA) is 75.4 Å². The van der Waals surface area contributed by atoms with Crippen LogP contribution in [-0.2, 0) is 4.79 Å². The van der Waals surface area contributed by atoms with E-state index in [4.69, 9.17) is 5.73 Å². The third-order valence-electron chi connectivity index (χ3n) is 3.54. The van der Waals surface area contributed by atoms with Crippen molar-refractivity contribution in [2.75, 3.05) is 18.8 Å². The van der Waals surface area contributed by atoms with Crippen molar-refractivity contribution in [3.63, 3.8) is 0 Å². The lowest BCUT2D eigenvalue weighted by Gasteiger charge is -2.32. The number of carbonyl (C=O) groups excluding carboxylic acids is 2. The fourth-order valence-corrected chi connectivity index (χ4v) is 2.63.